The number of nitrogens with zero attached hydrogens (tertiary/aromatic N) is 1. The average Bonchev–Trinajstić information content (AvgIpc) is 2.78. The fourth-order valence-electron chi connectivity index (χ4n) is 3.83. The van der Waals surface area contributed by atoms with Crippen LogP contribution in [0.3, 0.4) is 0 Å². The molecule has 180 valence electrons. The van der Waals surface area contributed by atoms with E-state index >= 15 is 0 Å². The van der Waals surface area contributed by atoms with E-state index in [0.717, 1.165) is 38.5 Å². The van der Waals surface area contributed by atoms with E-state index < -0.39 is 15.9 Å². The van der Waals surface area contributed by atoms with Crippen LogP contribution in [0, 0.1) is 0 Å². The Morgan fingerprint density at radius 3 is 2.39 bits per heavy atom. The minimum absolute atomic E-state index is 0.0174. The zero-order valence-electron chi connectivity index (χ0n) is 18.9. The molecule has 1 heterocycles. The van der Waals surface area contributed by atoms with E-state index in [9.17, 15) is 13.2 Å². The normalized spacial score (nSPS) is 17.0. The first-order chi connectivity index (χ1) is 15.7. The number of amides is 1. The second-order valence-electron chi connectivity index (χ2n) is 8.26. The van der Waals surface area contributed by atoms with E-state index in [0.29, 0.717) is 24.6 Å². The van der Waals surface area contributed by atoms with Crippen molar-refractivity contribution < 1.29 is 17.9 Å². The third-order valence-corrected chi connectivity index (χ3v) is 8.30. The highest BCUT2D eigenvalue weighted by atomic mass is 35.5. The van der Waals surface area contributed by atoms with Crippen molar-refractivity contribution in [1.82, 2.24) is 4.31 Å². The molecule has 9 heteroatoms. The van der Waals surface area contributed by atoms with Crippen LogP contribution in [0.5, 0.6) is 5.75 Å². The van der Waals surface area contributed by atoms with Gasteiger partial charge in [-0.1, -0.05) is 49.4 Å². The third-order valence-electron chi connectivity index (χ3n) is 5.72. The molecule has 0 saturated carbocycles. The first-order valence-electron chi connectivity index (χ1n) is 11.3. The third kappa shape index (κ3) is 6.41. The van der Waals surface area contributed by atoms with Crippen LogP contribution in [-0.2, 0) is 10.0 Å². The maximum absolute atomic E-state index is 13.0. The number of unbranched alkanes of at least 4 members (excludes halogenated alkanes) is 2. The SMILES string of the molecule is CCCCCOc1c(Cl)cc(C(=O)Nc2ccc(S(=O)(=O)N3CCCCC3C)cc2)cc1Cl. The molecule has 0 radical (unpaired) electrons. The summed E-state index contributed by atoms with van der Waals surface area (Å²) in [5, 5.41) is 3.28. The summed E-state index contributed by atoms with van der Waals surface area (Å²) in [5.41, 5.74) is 0.752. The summed E-state index contributed by atoms with van der Waals surface area (Å²) in [7, 11) is -3.56. The number of hydrogen-bond acceptors (Lipinski definition) is 4. The smallest absolute Gasteiger partial charge is 0.255 e. The number of nitrogens with one attached hydrogen (secondary N) is 1. The Balaban J connectivity index is 1.68. The van der Waals surface area contributed by atoms with Crippen molar-refractivity contribution in [3.63, 3.8) is 0 Å². The molecule has 0 aliphatic carbocycles. The van der Waals surface area contributed by atoms with Crippen LogP contribution in [-0.4, -0.2) is 37.8 Å². The predicted octanol–water partition coefficient (Wildman–Crippen LogP) is 6.38. The average molecular weight is 513 g/mol. The van der Waals surface area contributed by atoms with Gasteiger partial charge in [-0.2, -0.15) is 4.31 Å². The van der Waals surface area contributed by atoms with Gasteiger partial charge in [-0.05, 0) is 62.6 Å². The summed E-state index contributed by atoms with van der Waals surface area (Å²) in [6, 6.07) is 9.18. The Morgan fingerprint density at radius 1 is 1.12 bits per heavy atom. The molecule has 2 aromatic rings. The van der Waals surface area contributed by atoms with Crippen molar-refractivity contribution in [2.24, 2.45) is 0 Å². The van der Waals surface area contributed by atoms with Crippen molar-refractivity contribution in [3.05, 3.63) is 52.0 Å². The van der Waals surface area contributed by atoms with Gasteiger partial charge in [0.05, 0.1) is 21.5 Å². The topological polar surface area (TPSA) is 75.7 Å². The molecule has 33 heavy (non-hydrogen) atoms. The second-order valence-corrected chi connectivity index (χ2v) is 11.0. The lowest BCUT2D eigenvalue weighted by Gasteiger charge is -2.32. The Labute approximate surface area is 206 Å². The van der Waals surface area contributed by atoms with Crippen LogP contribution >= 0.6 is 23.2 Å². The molecule has 3 rings (SSSR count). The minimum Gasteiger partial charge on any atom is -0.490 e. The van der Waals surface area contributed by atoms with Crippen LogP contribution in [0.4, 0.5) is 5.69 Å². The zero-order chi connectivity index (χ0) is 24.0. The van der Waals surface area contributed by atoms with E-state index in [-0.39, 0.29) is 26.5 Å². The van der Waals surface area contributed by atoms with Crippen molar-refractivity contribution >= 4 is 44.8 Å². The number of piperidine rings is 1. The van der Waals surface area contributed by atoms with E-state index in [4.69, 9.17) is 27.9 Å². The number of sulfonamides is 1. The maximum atomic E-state index is 13.0. The molecule has 1 aliphatic heterocycles. The molecule has 1 unspecified atom stereocenters. The fraction of sp³-hybridized carbons (Fsp3) is 0.458. The van der Waals surface area contributed by atoms with Gasteiger partial charge in [-0.25, -0.2) is 8.42 Å². The maximum Gasteiger partial charge on any atom is 0.255 e. The summed E-state index contributed by atoms with van der Waals surface area (Å²) in [5.74, 6) is -0.0379. The number of carbonyl (C=O) groups is 1. The Bertz CT molecular complexity index is 1050. The van der Waals surface area contributed by atoms with Crippen molar-refractivity contribution in [2.75, 3.05) is 18.5 Å². The van der Waals surface area contributed by atoms with Crippen LogP contribution in [0.1, 0.15) is 62.7 Å². The standard InChI is InChI=1S/C24H30Cl2N2O4S/c1-3-4-7-14-32-23-21(25)15-18(16-22(23)26)24(29)27-19-9-11-20(12-10-19)33(30,31)28-13-6-5-8-17(28)2/h9-12,15-17H,3-8,13-14H2,1-2H3,(H,27,29). The van der Waals surface area contributed by atoms with E-state index in [2.05, 4.69) is 12.2 Å². The molecule has 1 N–H and O–H groups in total. The molecule has 0 bridgehead atoms. The number of hydrogen-bond donors (Lipinski definition) is 1. The first kappa shape index (κ1) is 25.8. The highest BCUT2D eigenvalue weighted by Gasteiger charge is 2.30. The summed E-state index contributed by atoms with van der Waals surface area (Å²) in [6.07, 6.45) is 5.79. The van der Waals surface area contributed by atoms with E-state index in [1.165, 1.54) is 24.3 Å². The van der Waals surface area contributed by atoms with E-state index in [1.807, 2.05) is 6.92 Å². The monoisotopic (exact) mass is 512 g/mol. The molecule has 1 saturated heterocycles. The largest absolute Gasteiger partial charge is 0.490 e. The van der Waals surface area contributed by atoms with Crippen LogP contribution in [0.25, 0.3) is 0 Å². The molecule has 0 spiro atoms. The molecular formula is C24H30Cl2N2O4S. The summed E-state index contributed by atoms with van der Waals surface area (Å²) >= 11 is 12.6. The lowest BCUT2D eigenvalue weighted by atomic mass is 10.1. The van der Waals surface area contributed by atoms with Gasteiger partial charge < -0.3 is 10.1 Å². The van der Waals surface area contributed by atoms with Gasteiger partial charge >= 0.3 is 0 Å². The second kappa shape index (κ2) is 11.6. The molecule has 1 fully saturated rings. The molecular weight excluding hydrogens is 483 g/mol. The molecule has 6 nitrogen and oxygen atoms in total. The molecule has 1 amide bonds. The Kier molecular flexibility index (Phi) is 9.04. The molecule has 1 aliphatic rings. The van der Waals surface area contributed by atoms with Crippen LogP contribution < -0.4 is 10.1 Å². The zero-order valence-corrected chi connectivity index (χ0v) is 21.3. The van der Waals surface area contributed by atoms with Crippen LogP contribution in [0.2, 0.25) is 10.0 Å². The van der Waals surface area contributed by atoms with Gasteiger partial charge in [0.15, 0.2) is 5.75 Å². The molecule has 2 aromatic carbocycles. The lowest BCUT2D eigenvalue weighted by molar-refractivity contribution is 0.102. The molecule has 0 aromatic heterocycles. The van der Waals surface area contributed by atoms with Crippen molar-refractivity contribution in [1.29, 1.82) is 0 Å². The van der Waals surface area contributed by atoms with Gasteiger partial charge in [0.1, 0.15) is 0 Å². The fourth-order valence-corrected chi connectivity index (χ4v) is 6.13. The number of rotatable bonds is 9. The molecule has 1 atom stereocenters. The van der Waals surface area contributed by atoms with Crippen molar-refractivity contribution in [3.8, 4) is 5.75 Å². The van der Waals surface area contributed by atoms with Gasteiger partial charge in [0.2, 0.25) is 10.0 Å². The van der Waals surface area contributed by atoms with Gasteiger partial charge in [0.25, 0.3) is 5.91 Å². The minimum atomic E-state index is -3.56. The summed E-state index contributed by atoms with van der Waals surface area (Å²) in [4.78, 5) is 12.9. The number of benzene rings is 2. The highest BCUT2D eigenvalue weighted by Crippen LogP contribution is 2.35. The van der Waals surface area contributed by atoms with Gasteiger partial charge in [0, 0.05) is 23.8 Å². The lowest BCUT2D eigenvalue weighted by Crippen LogP contribution is -2.41. The van der Waals surface area contributed by atoms with Gasteiger partial charge in [-0.15, -0.1) is 0 Å². The van der Waals surface area contributed by atoms with Crippen LogP contribution in [0.15, 0.2) is 41.3 Å². The summed E-state index contributed by atoms with van der Waals surface area (Å²) in [6.45, 7) is 5.07. The van der Waals surface area contributed by atoms with E-state index in [1.54, 1.807) is 16.4 Å². The Morgan fingerprint density at radius 2 is 1.79 bits per heavy atom. The Hall–Kier alpha value is -1.80. The number of halogens is 2. The quantitative estimate of drug-likeness (QED) is 0.395. The number of anilines is 1. The number of ether oxygens (including phenoxy) is 1. The van der Waals surface area contributed by atoms with Crippen molar-refractivity contribution in [2.45, 2.75) is 63.3 Å². The van der Waals surface area contributed by atoms with Gasteiger partial charge in [-0.3, -0.25) is 4.79 Å². The summed E-state index contributed by atoms with van der Waals surface area (Å²) < 4.78 is 33.2. The predicted molar refractivity (Wildman–Crippen MR) is 133 cm³/mol. The number of carbonyl (C=O) groups excluding carboxylic acids is 1. The first-order valence-corrected chi connectivity index (χ1v) is 13.5. The highest BCUT2D eigenvalue weighted by molar-refractivity contribution is 7.89.